The van der Waals surface area contributed by atoms with E-state index >= 15 is 0 Å². The Hall–Kier alpha value is 0.610. The molecule has 0 aliphatic carbocycles. The monoisotopic (exact) mass is 244 g/mol. The van der Waals surface area contributed by atoms with Crippen LogP contribution in [0.2, 0.25) is 0 Å². The van der Waals surface area contributed by atoms with Crippen molar-refractivity contribution in [2.24, 2.45) is 0 Å². The van der Waals surface area contributed by atoms with Crippen LogP contribution in [0, 0.1) is 0 Å². The zero-order chi connectivity index (χ0) is 11.0. The largest absolute Gasteiger partial charge is 1.00 e. The van der Waals surface area contributed by atoms with Gasteiger partial charge in [0.25, 0.3) is 0 Å². The first-order valence-corrected chi connectivity index (χ1v) is 6.25. The van der Waals surface area contributed by atoms with E-state index in [0.717, 1.165) is 12.8 Å². The Morgan fingerprint density at radius 1 is 1.53 bits per heavy atom. The zero-order valence-electron chi connectivity index (χ0n) is 9.44. The number of ether oxygens (including phenoxy) is 1. The Morgan fingerprint density at radius 3 is 2.53 bits per heavy atom. The summed E-state index contributed by atoms with van der Waals surface area (Å²) in [5.41, 5.74) is 0. The van der Waals surface area contributed by atoms with Crippen LogP contribution in [0.4, 0.5) is 0 Å². The van der Waals surface area contributed by atoms with E-state index in [4.69, 9.17) is 4.74 Å². The van der Waals surface area contributed by atoms with Gasteiger partial charge in [-0.25, -0.2) is 8.42 Å². The molecule has 0 radical (unpaired) electrons. The minimum Gasteiger partial charge on any atom is -0.748 e. The summed E-state index contributed by atoms with van der Waals surface area (Å²) in [5.74, 6) is -0.393. The van der Waals surface area contributed by atoms with E-state index in [1.54, 1.807) is 0 Å². The molecule has 0 fully saturated rings. The van der Waals surface area contributed by atoms with Crippen molar-refractivity contribution in [3.8, 4) is 0 Å². The van der Waals surface area contributed by atoms with Gasteiger partial charge >= 0.3 is 29.6 Å². The maximum Gasteiger partial charge on any atom is 1.00 e. The third-order valence-corrected chi connectivity index (χ3v) is 2.48. The molecule has 0 aliphatic rings. The molecule has 15 heavy (non-hydrogen) atoms. The van der Waals surface area contributed by atoms with Gasteiger partial charge in [-0.15, -0.1) is 6.58 Å². The van der Waals surface area contributed by atoms with Crippen molar-refractivity contribution >= 4 is 10.1 Å². The van der Waals surface area contributed by atoms with Crippen LogP contribution in [-0.2, 0) is 14.9 Å². The molecule has 0 spiro atoms. The van der Waals surface area contributed by atoms with Crippen LogP contribution in [0.15, 0.2) is 12.7 Å². The summed E-state index contributed by atoms with van der Waals surface area (Å²) >= 11 is 0. The second-order valence-electron chi connectivity index (χ2n) is 3.05. The molecule has 0 aromatic heterocycles. The van der Waals surface area contributed by atoms with Gasteiger partial charge in [0.05, 0.1) is 16.2 Å². The van der Waals surface area contributed by atoms with Crippen molar-refractivity contribution in [1.29, 1.82) is 0 Å². The van der Waals surface area contributed by atoms with E-state index in [-0.39, 0.29) is 42.1 Å². The van der Waals surface area contributed by atoms with Crippen molar-refractivity contribution < 1.29 is 47.3 Å². The van der Waals surface area contributed by atoms with Crippen molar-refractivity contribution in [2.45, 2.75) is 32.3 Å². The van der Waals surface area contributed by atoms with Gasteiger partial charge < -0.3 is 9.29 Å². The van der Waals surface area contributed by atoms with Gasteiger partial charge in [-0.2, -0.15) is 0 Å². The molecule has 0 aliphatic heterocycles. The van der Waals surface area contributed by atoms with Gasteiger partial charge in [-0.05, 0) is 12.8 Å². The van der Waals surface area contributed by atoms with E-state index in [1.165, 1.54) is 6.08 Å². The van der Waals surface area contributed by atoms with Gasteiger partial charge in [0.2, 0.25) is 0 Å². The normalized spacial score (nSPS) is 12.9. The molecule has 0 rings (SSSR count). The average molecular weight is 244 g/mol. The maximum atomic E-state index is 10.3. The van der Waals surface area contributed by atoms with Crippen LogP contribution in [0.3, 0.4) is 0 Å². The zero-order valence-corrected chi connectivity index (χ0v) is 12.3. The van der Waals surface area contributed by atoms with Crippen LogP contribution in [0.25, 0.3) is 0 Å². The number of unbranched alkanes of at least 4 members (excludes halogenated alkanes) is 1. The van der Waals surface area contributed by atoms with Crippen molar-refractivity contribution in [3.05, 3.63) is 12.7 Å². The molecule has 0 saturated carbocycles. The van der Waals surface area contributed by atoms with E-state index in [1.807, 2.05) is 6.92 Å². The fourth-order valence-corrected chi connectivity index (χ4v) is 1.43. The molecule has 1 unspecified atom stereocenters. The van der Waals surface area contributed by atoms with Gasteiger partial charge in [0, 0.05) is 12.4 Å². The van der Waals surface area contributed by atoms with Crippen molar-refractivity contribution in [2.75, 3.05) is 12.4 Å². The third-order valence-electron chi connectivity index (χ3n) is 1.75. The first-order valence-electron chi connectivity index (χ1n) is 4.67. The van der Waals surface area contributed by atoms with Gasteiger partial charge in [0.1, 0.15) is 0 Å². The average Bonchev–Trinajstić information content (AvgIpc) is 2.09. The maximum absolute atomic E-state index is 10.3. The summed E-state index contributed by atoms with van der Waals surface area (Å²) in [6, 6.07) is 0. The molecule has 0 heterocycles. The summed E-state index contributed by atoms with van der Waals surface area (Å²) in [6.07, 6.45) is 3.34. The summed E-state index contributed by atoms with van der Waals surface area (Å²) in [7, 11) is -4.14. The molecule has 0 N–H and O–H groups in total. The number of hydrogen-bond donors (Lipinski definition) is 0. The Labute approximate surface area is 114 Å². The molecule has 0 aromatic rings. The predicted molar refractivity (Wildman–Crippen MR) is 54.0 cm³/mol. The van der Waals surface area contributed by atoms with Gasteiger partial charge in [-0.3, -0.25) is 0 Å². The van der Waals surface area contributed by atoms with E-state index in [9.17, 15) is 13.0 Å². The van der Waals surface area contributed by atoms with Crippen molar-refractivity contribution in [3.63, 3.8) is 0 Å². The summed E-state index contributed by atoms with van der Waals surface area (Å²) in [4.78, 5) is 0. The van der Waals surface area contributed by atoms with Crippen LogP contribution >= 0.6 is 0 Å². The Balaban J connectivity index is 0. The molecule has 6 heteroatoms. The van der Waals surface area contributed by atoms with Gasteiger partial charge in [0.15, 0.2) is 0 Å². The molecule has 4 nitrogen and oxygen atoms in total. The fourth-order valence-electron chi connectivity index (χ4n) is 0.909. The molecular formula is C9H17NaO4S. The quantitative estimate of drug-likeness (QED) is 0.221. The molecular weight excluding hydrogens is 227 g/mol. The topological polar surface area (TPSA) is 66.4 Å². The van der Waals surface area contributed by atoms with Crippen molar-refractivity contribution in [1.82, 2.24) is 0 Å². The summed E-state index contributed by atoms with van der Waals surface area (Å²) in [6.45, 7) is 6.13. The molecule has 1 atom stereocenters. The first kappa shape index (κ1) is 18.0. The predicted octanol–water partition coefficient (Wildman–Crippen LogP) is -1.70. The number of hydrogen-bond acceptors (Lipinski definition) is 4. The van der Waals surface area contributed by atoms with E-state index in [2.05, 4.69) is 6.58 Å². The molecule has 0 bridgehead atoms. The molecule has 0 saturated heterocycles. The van der Waals surface area contributed by atoms with Gasteiger partial charge in [-0.1, -0.05) is 19.4 Å². The van der Waals surface area contributed by atoms with E-state index < -0.39 is 15.9 Å². The summed E-state index contributed by atoms with van der Waals surface area (Å²) < 4.78 is 36.3. The van der Waals surface area contributed by atoms with Crippen LogP contribution in [0.5, 0.6) is 0 Å². The van der Waals surface area contributed by atoms with Crippen LogP contribution in [-0.4, -0.2) is 31.4 Å². The molecule has 0 amide bonds. The second-order valence-corrected chi connectivity index (χ2v) is 4.57. The SMILES string of the molecule is C=CC(CCS(=O)(=O)[O-])OCCCC.[Na+]. The van der Waals surface area contributed by atoms with Crippen LogP contribution < -0.4 is 29.6 Å². The summed E-state index contributed by atoms with van der Waals surface area (Å²) in [5, 5.41) is 0. The number of rotatable bonds is 8. The Bertz CT molecular complexity index is 251. The molecule has 84 valence electrons. The Kier molecular flexibility index (Phi) is 11.8. The first-order chi connectivity index (χ1) is 6.49. The minimum absolute atomic E-state index is 0. The van der Waals surface area contributed by atoms with Crippen LogP contribution in [0.1, 0.15) is 26.2 Å². The minimum atomic E-state index is -4.14. The third kappa shape index (κ3) is 12.5. The Morgan fingerprint density at radius 2 is 2.13 bits per heavy atom. The second kappa shape index (κ2) is 9.81. The van der Waals surface area contributed by atoms with E-state index in [0.29, 0.717) is 6.61 Å². The smallest absolute Gasteiger partial charge is 0.748 e. The standard InChI is InChI=1S/C9H18O4S.Na/c1-3-5-7-13-9(4-2)6-8-14(10,11)12;/h4,9H,2-3,5-8H2,1H3,(H,10,11,12);/q;+1/p-1. The fraction of sp³-hybridized carbons (Fsp3) is 0.778. The molecule has 0 aromatic carbocycles.